The van der Waals surface area contributed by atoms with Gasteiger partial charge in [-0.1, -0.05) is 12.1 Å². The molecular formula is C17H23N5OS. The van der Waals surface area contributed by atoms with Crippen LogP contribution < -0.4 is 5.32 Å². The highest BCUT2D eigenvalue weighted by atomic mass is 32.2. The van der Waals surface area contributed by atoms with Crippen molar-refractivity contribution in [2.45, 2.75) is 37.2 Å². The predicted molar refractivity (Wildman–Crippen MR) is 94.9 cm³/mol. The molecule has 1 aromatic carbocycles. The summed E-state index contributed by atoms with van der Waals surface area (Å²) in [4.78, 5) is 15.7. The van der Waals surface area contributed by atoms with Crippen LogP contribution in [-0.4, -0.2) is 38.5 Å². The van der Waals surface area contributed by atoms with Crippen LogP contribution in [0.5, 0.6) is 0 Å². The van der Waals surface area contributed by atoms with Crippen molar-refractivity contribution in [1.29, 1.82) is 0 Å². The SMILES string of the molecule is CSc1ccc(CNC(=O)N2CCCC2c2nncn2C)cc1C. The Hall–Kier alpha value is -2.02. The van der Waals surface area contributed by atoms with Crippen molar-refractivity contribution in [3.63, 3.8) is 0 Å². The van der Waals surface area contributed by atoms with E-state index >= 15 is 0 Å². The van der Waals surface area contributed by atoms with Crippen LogP contribution in [0.3, 0.4) is 0 Å². The number of carbonyl (C=O) groups is 1. The third kappa shape index (κ3) is 3.40. The minimum Gasteiger partial charge on any atom is -0.334 e. The summed E-state index contributed by atoms with van der Waals surface area (Å²) in [5, 5.41) is 11.1. The molecule has 7 heteroatoms. The smallest absolute Gasteiger partial charge is 0.318 e. The number of hydrogen-bond donors (Lipinski definition) is 1. The average Bonchev–Trinajstić information content (AvgIpc) is 3.21. The Balaban J connectivity index is 1.64. The normalized spacial score (nSPS) is 17.3. The van der Waals surface area contributed by atoms with Crippen LogP contribution in [0.25, 0.3) is 0 Å². The first-order chi connectivity index (χ1) is 11.6. The molecule has 1 aliphatic heterocycles. The lowest BCUT2D eigenvalue weighted by molar-refractivity contribution is 0.189. The van der Waals surface area contributed by atoms with Crippen molar-refractivity contribution in [3.05, 3.63) is 41.5 Å². The number of hydrogen-bond acceptors (Lipinski definition) is 4. The fourth-order valence-electron chi connectivity index (χ4n) is 3.20. The fraction of sp³-hybridized carbons (Fsp3) is 0.471. The number of nitrogens with one attached hydrogen (secondary N) is 1. The van der Waals surface area contributed by atoms with Crippen LogP contribution in [0.15, 0.2) is 29.4 Å². The van der Waals surface area contributed by atoms with E-state index in [1.807, 2.05) is 16.5 Å². The number of rotatable bonds is 4. The molecule has 1 aliphatic rings. The Morgan fingerprint density at radius 3 is 2.96 bits per heavy atom. The summed E-state index contributed by atoms with van der Waals surface area (Å²) in [5.74, 6) is 0.850. The van der Waals surface area contributed by atoms with Gasteiger partial charge < -0.3 is 14.8 Å². The number of nitrogens with zero attached hydrogens (tertiary/aromatic N) is 4. The second-order valence-electron chi connectivity index (χ2n) is 6.11. The number of aryl methyl sites for hydroxylation is 2. The van der Waals surface area contributed by atoms with Gasteiger partial charge in [0.2, 0.25) is 0 Å². The molecular weight excluding hydrogens is 322 g/mol. The van der Waals surface area contributed by atoms with Gasteiger partial charge in [-0.25, -0.2) is 4.79 Å². The van der Waals surface area contributed by atoms with Gasteiger partial charge in [0.05, 0.1) is 6.04 Å². The molecule has 6 nitrogen and oxygen atoms in total. The second-order valence-corrected chi connectivity index (χ2v) is 6.96. The molecule has 1 fully saturated rings. The largest absolute Gasteiger partial charge is 0.334 e. The predicted octanol–water partition coefficient (Wildman–Crippen LogP) is 2.89. The van der Waals surface area contributed by atoms with Crippen molar-refractivity contribution >= 4 is 17.8 Å². The zero-order valence-corrected chi connectivity index (χ0v) is 15.1. The Morgan fingerprint density at radius 1 is 1.46 bits per heavy atom. The summed E-state index contributed by atoms with van der Waals surface area (Å²) in [5.41, 5.74) is 2.36. The molecule has 0 spiro atoms. The summed E-state index contributed by atoms with van der Waals surface area (Å²) >= 11 is 1.74. The maximum atomic E-state index is 12.6. The fourth-order valence-corrected chi connectivity index (χ4v) is 3.79. The molecule has 1 aromatic heterocycles. The Labute approximate surface area is 146 Å². The summed E-state index contributed by atoms with van der Waals surface area (Å²) in [6.45, 7) is 3.39. The van der Waals surface area contributed by atoms with E-state index in [0.717, 1.165) is 30.8 Å². The number of likely N-dealkylation sites (tertiary alicyclic amines) is 1. The first kappa shape index (κ1) is 16.8. The van der Waals surface area contributed by atoms with E-state index in [-0.39, 0.29) is 12.1 Å². The van der Waals surface area contributed by atoms with Gasteiger partial charge in [-0.2, -0.15) is 0 Å². The van der Waals surface area contributed by atoms with Crippen molar-refractivity contribution in [2.24, 2.45) is 7.05 Å². The van der Waals surface area contributed by atoms with E-state index in [9.17, 15) is 4.79 Å². The van der Waals surface area contributed by atoms with Crippen LogP contribution >= 0.6 is 11.8 Å². The topological polar surface area (TPSA) is 63.1 Å². The lowest BCUT2D eigenvalue weighted by Crippen LogP contribution is -2.39. The van der Waals surface area contributed by atoms with Gasteiger partial charge in [-0.3, -0.25) is 0 Å². The highest BCUT2D eigenvalue weighted by Gasteiger charge is 2.32. The van der Waals surface area contributed by atoms with Gasteiger partial charge in [0.15, 0.2) is 5.82 Å². The molecule has 0 radical (unpaired) electrons. The van der Waals surface area contributed by atoms with E-state index < -0.39 is 0 Å². The quantitative estimate of drug-likeness (QED) is 0.866. The standard InChI is InChI=1S/C17H23N5OS/c1-12-9-13(6-7-15(12)24-3)10-18-17(23)22-8-4-5-14(22)16-20-19-11-21(16)2/h6-7,9,11,14H,4-5,8,10H2,1-3H3,(H,18,23). The monoisotopic (exact) mass is 345 g/mol. The van der Waals surface area contributed by atoms with Gasteiger partial charge >= 0.3 is 6.03 Å². The van der Waals surface area contributed by atoms with Gasteiger partial charge in [0.1, 0.15) is 6.33 Å². The number of aromatic nitrogens is 3. The van der Waals surface area contributed by atoms with Gasteiger partial charge in [0.25, 0.3) is 0 Å². The average molecular weight is 345 g/mol. The maximum Gasteiger partial charge on any atom is 0.318 e. The molecule has 24 heavy (non-hydrogen) atoms. The van der Waals surface area contributed by atoms with Gasteiger partial charge in [0, 0.05) is 25.0 Å². The Kier molecular flexibility index (Phi) is 5.08. The van der Waals surface area contributed by atoms with Gasteiger partial charge in [-0.05, 0) is 43.2 Å². The summed E-state index contributed by atoms with van der Waals surface area (Å²) in [6.07, 6.45) is 5.68. The molecule has 3 rings (SSSR count). The van der Waals surface area contributed by atoms with Crippen molar-refractivity contribution < 1.29 is 4.79 Å². The van der Waals surface area contributed by atoms with Crippen LogP contribution in [0, 0.1) is 6.92 Å². The number of benzene rings is 1. The first-order valence-electron chi connectivity index (χ1n) is 8.12. The van der Waals surface area contributed by atoms with Crippen LogP contribution in [-0.2, 0) is 13.6 Å². The van der Waals surface area contributed by atoms with Crippen molar-refractivity contribution in [1.82, 2.24) is 25.0 Å². The number of urea groups is 1. The molecule has 1 saturated heterocycles. The van der Waals surface area contributed by atoms with Crippen molar-refractivity contribution in [3.8, 4) is 0 Å². The van der Waals surface area contributed by atoms with Crippen molar-refractivity contribution in [2.75, 3.05) is 12.8 Å². The third-order valence-corrected chi connectivity index (χ3v) is 5.36. The molecule has 1 N–H and O–H groups in total. The molecule has 2 aromatic rings. The molecule has 2 heterocycles. The number of thioether (sulfide) groups is 1. The third-order valence-electron chi connectivity index (χ3n) is 4.46. The van der Waals surface area contributed by atoms with E-state index in [4.69, 9.17) is 0 Å². The highest BCUT2D eigenvalue weighted by Crippen LogP contribution is 2.30. The number of amides is 2. The Bertz CT molecular complexity index is 730. The minimum absolute atomic E-state index is 0.0121. The summed E-state index contributed by atoms with van der Waals surface area (Å²) < 4.78 is 1.89. The Morgan fingerprint density at radius 2 is 2.29 bits per heavy atom. The van der Waals surface area contributed by atoms with Crippen LogP contribution in [0.1, 0.15) is 35.8 Å². The van der Waals surface area contributed by atoms with E-state index in [2.05, 4.69) is 46.9 Å². The molecule has 2 amide bonds. The van der Waals surface area contributed by atoms with E-state index in [1.165, 1.54) is 10.5 Å². The first-order valence-corrected chi connectivity index (χ1v) is 9.34. The van der Waals surface area contributed by atoms with Gasteiger partial charge in [-0.15, -0.1) is 22.0 Å². The lowest BCUT2D eigenvalue weighted by atomic mass is 10.1. The zero-order valence-electron chi connectivity index (χ0n) is 14.3. The van der Waals surface area contributed by atoms with Crippen LogP contribution in [0.4, 0.5) is 4.79 Å². The number of carbonyl (C=O) groups excluding carboxylic acids is 1. The molecule has 0 aliphatic carbocycles. The molecule has 0 bridgehead atoms. The second kappa shape index (κ2) is 7.25. The molecule has 128 valence electrons. The highest BCUT2D eigenvalue weighted by molar-refractivity contribution is 7.98. The molecule has 1 unspecified atom stereocenters. The molecule has 0 saturated carbocycles. The lowest BCUT2D eigenvalue weighted by Gasteiger charge is -2.24. The minimum atomic E-state index is -0.0351. The zero-order chi connectivity index (χ0) is 17.1. The van der Waals surface area contributed by atoms with E-state index in [0.29, 0.717) is 6.54 Å². The molecule has 1 atom stereocenters. The van der Waals surface area contributed by atoms with Crippen LogP contribution in [0.2, 0.25) is 0 Å². The summed E-state index contributed by atoms with van der Waals surface area (Å²) in [7, 11) is 1.92. The maximum absolute atomic E-state index is 12.6. The summed E-state index contributed by atoms with van der Waals surface area (Å²) in [6, 6.07) is 6.30. The van der Waals surface area contributed by atoms with E-state index in [1.54, 1.807) is 18.1 Å².